The minimum atomic E-state index is 0.500. The molecule has 2 heteroatoms. The van der Waals surface area contributed by atoms with Crippen LogP contribution >= 0.6 is 11.3 Å². The first-order chi connectivity index (χ1) is 7.83. The minimum Gasteiger partial charge on any atom is -0.378 e. The van der Waals surface area contributed by atoms with Gasteiger partial charge in [-0.15, -0.1) is 11.3 Å². The van der Waals surface area contributed by atoms with Crippen molar-refractivity contribution in [1.82, 2.24) is 0 Å². The van der Waals surface area contributed by atoms with E-state index in [-0.39, 0.29) is 0 Å². The fraction of sp³-hybridized carbons (Fsp3) is 0.286. The zero-order valence-electron chi connectivity index (χ0n) is 9.36. The van der Waals surface area contributed by atoms with E-state index < -0.39 is 0 Å². The first kappa shape index (κ1) is 9.91. The van der Waals surface area contributed by atoms with Crippen molar-refractivity contribution in [1.29, 1.82) is 0 Å². The number of fused-ring (bicyclic) bond motifs is 1. The molecule has 1 atom stereocenters. The first-order valence-corrected chi connectivity index (χ1v) is 6.60. The first-order valence-electron chi connectivity index (χ1n) is 5.72. The highest BCUT2D eigenvalue weighted by Crippen LogP contribution is 2.33. The molecular weight excluding hydrogens is 214 g/mol. The molecule has 0 radical (unpaired) electrons. The van der Waals surface area contributed by atoms with Crippen LogP contribution in [0.3, 0.4) is 0 Å². The lowest BCUT2D eigenvalue weighted by Gasteiger charge is -2.26. The molecule has 0 spiro atoms. The Labute approximate surface area is 100 Å². The Morgan fingerprint density at radius 2 is 2.19 bits per heavy atom. The fourth-order valence-corrected chi connectivity index (χ4v) is 3.09. The van der Waals surface area contributed by atoms with Gasteiger partial charge in [0.05, 0.1) is 6.04 Å². The molecule has 0 saturated heterocycles. The molecule has 1 aromatic carbocycles. The SMILES string of the molecule is Cc1cc(C2CCc3ccccc3N2)cs1. The molecule has 2 heterocycles. The Balaban J connectivity index is 1.88. The van der Waals surface area contributed by atoms with E-state index in [0.29, 0.717) is 6.04 Å². The summed E-state index contributed by atoms with van der Waals surface area (Å²) in [5, 5.41) is 5.91. The van der Waals surface area contributed by atoms with E-state index in [1.54, 1.807) is 0 Å². The summed E-state index contributed by atoms with van der Waals surface area (Å²) in [4.78, 5) is 1.40. The van der Waals surface area contributed by atoms with Gasteiger partial charge in [-0.2, -0.15) is 0 Å². The molecule has 1 aliphatic heterocycles. The van der Waals surface area contributed by atoms with Crippen molar-refractivity contribution in [3.63, 3.8) is 0 Å². The number of para-hydroxylation sites is 1. The summed E-state index contributed by atoms with van der Waals surface area (Å²) >= 11 is 1.84. The van der Waals surface area contributed by atoms with Crippen molar-refractivity contribution in [3.8, 4) is 0 Å². The number of thiophene rings is 1. The average Bonchev–Trinajstić information content (AvgIpc) is 2.75. The van der Waals surface area contributed by atoms with Crippen LogP contribution in [0.1, 0.15) is 28.5 Å². The van der Waals surface area contributed by atoms with E-state index in [4.69, 9.17) is 0 Å². The van der Waals surface area contributed by atoms with Crippen molar-refractivity contribution in [2.45, 2.75) is 25.8 Å². The highest BCUT2D eigenvalue weighted by Gasteiger charge is 2.19. The van der Waals surface area contributed by atoms with Crippen LogP contribution in [0.2, 0.25) is 0 Å². The molecule has 1 aromatic heterocycles. The molecule has 0 amide bonds. The van der Waals surface area contributed by atoms with Crippen molar-refractivity contribution in [3.05, 3.63) is 51.7 Å². The van der Waals surface area contributed by atoms with Gasteiger partial charge in [0.1, 0.15) is 0 Å². The van der Waals surface area contributed by atoms with E-state index >= 15 is 0 Å². The van der Waals surface area contributed by atoms with Gasteiger partial charge in [0.15, 0.2) is 0 Å². The van der Waals surface area contributed by atoms with Gasteiger partial charge < -0.3 is 5.32 Å². The lowest BCUT2D eigenvalue weighted by Crippen LogP contribution is -2.17. The average molecular weight is 229 g/mol. The smallest absolute Gasteiger partial charge is 0.0525 e. The van der Waals surface area contributed by atoms with E-state index in [2.05, 4.69) is 48.0 Å². The predicted molar refractivity (Wildman–Crippen MR) is 70.2 cm³/mol. The summed E-state index contributed by atoms with van der Waals surface area (Å²) in [7, 11) is 0. The van der Waals surface area contributed by atoms with E-state index in [9.17, 15) is 0 Å². The van der Waals surface area contributed by atoms with Gasteiger partial charge in [-0.25, -0.2) is 0 Å². The number of nitrogens with one attached hydrogen (secondary N) is 1. The third-order valence-corrected chi connectivity index (χ3v) is 4.08. The van der Waals surface area contributed by atoms with Crippen LogP contribution in [0.4, 0.5) is 5.69 Å². The quantitative estimate of drug-likeness (QED) is 0.774. The number of aryl methyl sites for hydroxylation is 2. The van der Waals surface area contributed by atoms with Crippen molar-refractivity contribution >= 4 is 17.0 Å². The van der Waals surface area contributed by atoms with Crippen LogP contribution in [0.25, 0.3) is 0 Å². The highest BCUT2D eigenvalue weighted by atomic mass is 32.1. The Bertz CT molecular complexity index is 501. The molecule has 82 valence electrons. The summed E-state index contributed by atoms with van der Waals surface area (Å²) in [5.41, 5.74) is 4.20. The van der Waals surface area contributed by atoms with Gasteiger partial charge >= 0.3 is 0 Å². The summed E-state index contributed by atoms with van der Waals surface area (Å²) in [6.07, 6.45) is 2.38. The van der Waals surface area contributed by atoms with Crippen molar-refractivity contribution in [2.24, 2.45) is 0 Å². The van der Waals surface area contributed by atoms with E-state index in [1.807, 2.05) is 11.3 Å². The second-order valence-electron chi connectivity index (χ2n) is 4.38. The summed E-state index contributed by atoms with van der Waals surface area (Å²) in [6.45, 7) is 2.17. The second kappa shape index (κ2) is 3.95. The molecule has 16 heavy (non-hydrogen) atoms. The van der Waals surface area contributed by atoms with Crippen LogP contribution in [-0.2, 0) is 6.42 Å². The predicted octanol–water partition coefficient (Wildman–Crippen LogP) is 4.16. The molecule has 1 aliphatic rings. The van der Waals surface area contributed by atoms with Gasteiger partial charge in [0.25, 0.3) is 0 Å². The van der Waals surface area contributed by atoms with Gasteiger partial charge in [0.2, 0.25) is 0 Å². The molecule has 3 rings (SSSR count). The maximum Gasteiger partial charge on any atom is 0.0525 e. The van der Waals surface area contributed by atoms with Crippen LogP contribution in [0, 0.1) is 6.92 Å². The number of hydrogen-bond acceptors (Lipinski definition) is 2. The molecule has 2 aromatic rings. The van der Waals surface area contributed by atoms with Crippen LogP contribution in [0.5, 0.6) is 0 Å². The Hall–Kier alpha value is -1.28. The topological polar surface area (TPSA) is 12.0 Å². The summed E-state index contributed by atoms with van der Waals surface area (Å²) in [6, 6.07) is 11.4. The Kier molecular flexibility index (Phi) is 2.44. The monoisotopic (exact) mass is 229 g/mol. The molecular formula is C14H15NS. The number of anilines is 1. The number of rotatable bonds is 1. The molecule has 0 bridgehead atoms. The number of hydrogen-bond donors (Lipinski definition) is 1. The largest absolute Gasteiger partial charge is 0.378 e. The van der Waals surface area contributed by atoms with Crippen LogP contribution in [-0.4, -0.2) is 0 Å². The molecule has 1 nitrogen and oxygen atoms in total. The zero-order valence-corrected chi connectivity index (χ0v) is 10.2. The third-order valence-electron chi connectivity index (χ3n) is 3.20. The lowest BCUT2D eigenvalue weighted by atomic mass is 9.95. The zero-order chi connectivity index (χ0) is 11.0. The molecule has 1 N–H and O–H groups in total. The second-order valence-corrected chi connectivity index (χ2v) is 5.50. The molecule has 1 unspecified atom stereocenters. The van der Waals surface area contributed by atoms with Gasteiger partial charge in [-0.3, -0.25) is 0 Å². The Morgan fingerprint density at radius 1 is 1.31 bits per heavy atom. The van der Waals surface area contributed by atoms with Crippen LogP contribution < -0.4 is 5.32 Å². The van der Waals surface area contributed by atoms with E-state index in [1.165, 1.54) is 34.5 Å². The van der Waals surface area contributed by atoms with Gasteiger partial charge in [-0.05, 0) is 48.4 Å². The molecule has 0 saturated carbocycles. The van der Waals surface area contributed by atoms with Gasteiger partial charge in [0, 0.05) is 10.6 Å². The van der Waals surface area contributed by atoms with Gasteiger partial charge in [-0.1, -0.05) is 18.2 Å². The summed E-state index contributed by atoms with van der Waals surface area (Å²) in [5.74, 6) is 0. The standard InChI is InChI=1S/C14H15NS/c1-10-8-12(9-16-10)14-7-6-11-4-2-3-5-13(11)15-14/h2-5,8-9,14-15H,6-7H2,1H3. The maximum atomic E-state index is 3.63. The fourth-order valence-electron chi connectivity index (χ4n) is 2.34. The van der Waals surface area contributed by atoms with Crippen molar-refractivity contribution in [2.75, 3.05) is 5.32 Å². The maximum absolute atomic E-state index is 3.63. The minimum absolute atomic E-state index is 0.500. The van der Waals surface area contributed by atoms with E-state index in [0.717, 1.165) is 0 Å². The normalized spacial score (nSPS) is 18.9. The van der Waals surface area contributed by atoms with Crippen LogP contribution in [0.15, 0.2) is 35.7 Å². The number of benzene rings is 1. The molecule has 0 aliphatic carbocycles. The third kappa shape index (κ3) is 1.74. The lowest BCUT2D eigenvalue weighted by molar-refractivity contribution is 0.670. The Morgan fingerprint density at radius 3 is 3.00 bits per heavy atom. The molecule has 0 fully saturated rings. The summed E-state index contributed by atoms with van der Waals surface area (Å²) < 4.78 is 0. The highest BCUT2D eigenvalue weighted by molar-refractivity contribution is 7.10. The van der Waals surface area contributed by atoms with Crippen molar-refractivity contribution < 1.29 is 0 Å².